The van der Waals surface area contributed by atoms with Gasteiger partial charge in [0.05, 0.1) is 23.9 Å². The Balaban J connectivity index is 1.34. The molecule has 2 aliphatic rings. The van der Waals surface area contributed by atoms with Gasteiger partial charge >= 0.3 is 0 Å². The van der Waals surface area contributed by atoms with E-state index in [-0.39, 0.29) is 24.2 Å². The molecule has 2 aliphatic heterocycles. The summed E-state index contributed by atoms with van der Waals surface area (Å²) in [6.07, 6.45) is 1.04. The van der Waals surface area contributed by atoms with Gasteiger partial charge in [0.2, 0.25) is 0 Å². The fraction of sp³-hybridized carbons (Fsp3) is 0.407. The average molecular weight is 513 g/mol. The fourth-order valence-corrected chi connectivity index (χ4v) is 5.49. The maximum Gasteiger partial charge on any atom is 0.253 e. The standard InChI is InChI=1S/C27H30ClFN4O3/c1-33(2)11-10-30-23-24(26(35)25(23)34)31-14-17-8-9-18-21(15-6-4-3-5-7-15)32-22-19(27(18)36-17)12-16(28)13-20(22)29/h3-7,12-13,17-18,21,27,30-32H,8-11,14H2,1-2H3/t17-,18+,21+,27+/m1/s1. The third-order valence-corrected chi connectivity index (χ3v) is 7.32. The summed E-state index contributed by atoms with van der Waals surface area (Å²) in [5.41, 5.74) is 1.84. The van der Waals surface area contributed by atoms with E-state index < -0.39 is 16.7 Å². The van der Waals surface area contributed by atoms with Gasteiger partial charge in [-0.05, 0) is 44.6 Å². The summed E-state index contributed by atoms with van der Waals surface area (Å²) in [6, 6.07) is 13.0. The van der Waals surface area contributed by atoms with Crippen molar-refractivity contribution in [3.63, 3.8) is 0 Å². The van der Waals surface area contributed by atoms with Crippen LogP contribution in [-0.4, -0.2) is 44.7 Å². The molecule has 0 amide bonds. The van der Waals surface area contributed by atoms with Crippen LogP contribution in [0, 0.1) is 11.7 Å². The highest BCUT2D eigenvalue weighted by molar-refractivity contribution is 6.30. The van der Waals surface area contributed by atoms with Crippen molar-refractivity contribution >= 4 is 28.7 Å². The minimum atomic E-state index is -0.513. The predicted molar refractivity (Wildman–Crippen MR) is 141 cm³/mol. The highest BCUT2D eigenvalue weighted by Gasteiger charge is 2.43. The van der Waals surface area contributed by atoms with Crippen LogP contribution in [0.2, 0.25) is 5.02 Å². The Kier molecular flexibility index (Phi) is 7.01. The monoisotopic (exact) mass is 512 g/mol. The molecular formula is C27H30ClFN4O3. The molecule has 7 nitrogen and oxygen atoms in total. The van der Waals surface area contributed by atoms with Crippen LogP contribution in [0.25, 0.3) is 0 Å². The minimum absolute atomic E-state index is 0.0865. The zero-order valence-corrected chi connectivity index (χ0v) is 21.1. The number of fused-ring (bicyclic) bond motifs is 3. The molecule has 190 valence electrons. The summed E-state index contributed by atoms with van der Waals surface area (Å²) in [7, 11) is 3.88. The number of hydrogen-bond acceptors (Lipinski definition) is 7. The number of benzene rings is 2. The first-order chi connectivity index (χ1) is 17.3. The Bertz CT molecular complexity index is 1310. The Morgan fingerprint density at radius 1 is 1.08 bits per heavy atom. The molecule has 5 rings (SSSR count). The van der Waals surface area contributed by atoms with Crippen LogP contribution < -0.4 is 26.8 Å². The highest BCUT2D eigenvalue weighted by Crippen LogP contribution is 2.51. The molecule has 0 bridgehead atoms. The zero-order valence-electron chi connectivity index (χ0n) is 20.3. The first-order valence-electron chi connectivity index (χ1n) is 12.2. The molecule has 3 N–H and O–H groups in total. The number of nitrogens with one attached hydrogen (secondary N) is 3. The van der Waals surface area contributed by atoms with Crippen LogP contribution in [0.5, 0.6) is 0 Å². The maximum absolute atomic E-state index is 15.0. The highest BCUT2D eigenvalue weighted by atomic mass is 35.5. The number of anilines is 3. The molecule has 3 aromatic carbocycles. The lowest BCUT2D eigenvalue weighted by Gasteiger charge is -2.46. The first-order valence-corrected chi connectivity index (χ1v) is 12.6. The van der Waals surface area contributed by atoms with Gasteiger partial charge in [-0.15, -0.1) is 0 Å². The Labute approximate surface area is 214 Å². The lowest BCUT2D eigenvalue weighted by Crippen LogP contribution is -2.43. The Hall–Kier alpha value is -2.94. The minimum Gasteiger partial charge on any atom is -0.379 e. The van der Waals surface area contributed by atoms with Crippen LogP contribution in [0.15, 0.2) is 52.1 Å². The van der Waals surface area contributed by atoms with Crippen LogP contribution >= 0.6 is 11.6 Å². The lowest BCUT2D eigenvalue weighted by molar-refractivity contribution is -0.0873. The first kappa shape index (κ1) is 24.7. The van der Waals surface area contributed by atoms with E-state index in [2.05, 4.69) is 16.0 Å². The molecule has 9 heteroatoms. The summed E-state index contributed by atoms with van der Waals surface area (Å²) < 4.78 is 21.5. The molecule has 36 heavy (non-hydrogen) atoms. The SMILES string of the molecule is CN(C)CCNc1c(NC[C@H]2CC[C@@H]3[C@H](O2)c2cc(Cl)cc(F)c2N[C@H]3c2ccccc2)c(=O)c1=O. The predicted octanol–water partition coefficient (Wildman–Crippen LogP) is 4.16. The third-order valence-electron chi connectivity index (χ3n) is 7.11. The summed E-state index contributed by atoms with van der Waals surface area (Å²) in [6.45, 7) is 1.67. The second kappa shape index (κ2) is 10.2. The fourth-order valence-electron chi connectivity index (χ4n) is 5.27. The summed E-state index contributed by atoms with van der Waals surface area (Å²) in [5, 5.41) is 9.93. The van der Waals surface area contributed by atoms with Gasteiger partial charge in [-0.2, -0.15) is 0 Å². The lowest BCUT2D eigenvalue weighted by atomic mass is 9.76. The van der Waals surface area contributed by atoms with Crippen molar-refractivity contribution in [1.29, 1.82) is 0 Å². The summed E-state index contributed by atoms with van der Waals surface area (Å²) >= 11 is 6.22. The van der Waals surface area contributed by atoms with E-state index in [1.165, 1.54) is 6.07 Å². The van der Waals surface area contributed by atoms with E-state index >= 15 is 0 Å². The molecule has 2 heterocycles. The molecule has 0 aliphatic carbocycles. The number of likely N-dealkylation sites (N-methyl/N-ethyl adjacent to an activating group) is 1. The molecule has 4 atom stereocenters. The molecule has 1 fully saturated rings. The van der Waals surface area contributed by atoms with Gasteiger partial charge in [-0.3, -0.25) is 9.59 Å². The van der Waals surface area contributed by atoms with Crippen molar-refractivity contribution in [2.75, 3.05) is 49.7 Å². The van der Waals surface area contributed by atoms with Gasteiger partial charge in [0.1, 0.15) is 17.2 Å². The zero-order chi connectivity index (χ0) is 25.4. The largest absolute Gasteiger partial charge is 0.379 e. The van der Waals surface area contributed by atoms with Gasteiger partial charge in [-0.25, -0.2) is 4.39 Å². The van der Waals surface area contributed by atoms with Crippen LogP contribution in [-0.2, 0) is 4.74 Å². The van der Waals surface area contributed by atoms with Gasteiger partial charge in [0.15, 0.2) is 0 Å². The number of nitrogens with zero attached hydrogens (tertiary/aromatic N) is 1. The van der Waals surface area contributed by atoms with Crippen molar-refractivity contribution in [3.8, 4) is 0 Å². The molecule has 3 aromatic rings. The van der Waals surface area contributed by atoms with Crippen LogP contribution in [0.4, 0.5) is 21.5 Å². The van der Waals surface area contributed by atoms with Crippen molar-refractivity contribution < 1.29 is 9.13 Å². The van der Waals surface area contributed by atoms with E-state index in [1.807, 2.05) is 49.3 Å². The normalized spacial score (nSPS) is 23.1. The van der Waals surface area contributed by atoms with Gasteiger partial charge < -0.3 is 25.6 Å². The summed E-state index contributed by atoms with van der Waals surface area (Å²) in [5.74, 6) is -0.318. The smallest absolute Gasteiger partial charge is 0.253 e. The molecule has 0 unspecified atom stereocenters. The van der Waals surface area contributed by atoms with Crippen molar-refractivity contribution in [2.24, 2.45) is 5.92 Å². The number of rotatable bonds is 8. The number of ether oxygens (including phenoxy) is 1. The molecule has 1 saturated heterocycles. The Morgan fingerprint density at radius 2 is 1.81 bits per heavy atom. The number of halogens is 2. The van der Waals surface area contributed by atoms with Crippen molar-refractivity contribution in [1.82, 2.24) is 4.90 Å². The van der Waals surface area contributed by atoms with Gasteiger partial charge in [-0.1, -0.05) is 41.9 Å². The quantitative estimate of drug-likeness (QED) is 0.391. The van der Waals surface area contributed by atoms with E-state index in [9.17, 15) is 14.0 Å². The average Bonchev–Trinajstić information content (AvgIpc) is 2.87. The second-order valence-electron chi connectivity index (χ2n) is 9.82. The van der Waals surface area contributed by atoms with E-state index in [1.54, 1.807) is 6.07 Å². The third kappa shape index (κ3) is 4.73. The molecule has 0 spiro atoms. The molecule has 0 aromatic heterocycles. The van der Waals surface area contributed by atoms with Crippen molar-refractivity contribution in [3.05, 3.63) is 84.9 Å². The Morgan fingerprint density at radius 3 is 2.53 bits per heavy atom. The maximum atomic E-state index is 15.0. The van der Waals surface area contributed by atoms with Crippen LogP contribution in [0.1, 0.15) is 36.1 Å². The number of hydrogen-bond donors (Lipinski definition) is 3. The van der Waals surface area contributed by atoms with E-state index in [0.29, 0.717) is 40.7 Å². The molecule has 0 radical (unpaired) electrons. The van der Waals surface area contributed by atoms with E-state index in [0.717, 1.165) is 24.9 Å². The second-order valence-corrected chi connectivity index (χ2v) is 10.3. The molecule has 0 saturated carbocycles. The van der Waals surface area contributed by atoms with Crippen LogP contribution in [0.3, 0.4) is 0 Å². The topological polar surface area (TPSA) is 82.7 Å². The summed E-state index contributed by atoms with van der Waals surface area (Å²) in [4.78, 5) is 26.2. The van der Waals surface area contributed by atoms with Gasteiger partial charge in [0, 0.05) is 36.1 Å². The van der Waals surface area contributed by atoms with Crippen molar-refractivity contribution in [2.45, 2.75) is 31.1 Å². The van der Waals surface area contributed by atoms with Gasteiger partial charge in [0.25, 0.3) is 10.9 Å². The molecular weight excluding hydrogens is 483 g/mol. The van der Waals surface area contributed by atoms with E-state index in [4.69, 9.17) is 16.3 Å².